The highest BCUT2D eigenvalue weighted by Crippen LogP contribution is 2.36. The van der Waals surface area contributed by atoms with Crippen LogP contribution in [0.25, 0.3) is 0 Å². The summed E-state index contributed by atoms with van der Waals surface area (Å²) in [4.78, 5) is 22.2. The van der Waals surface area contributed by atoms with Crippen LogP contribution < -0.4 is 5.32 Å². The molecule has 1 amide bonds. The number of nitrogens with one attached hydrogen (secondary N) is 1. The van der Waals surface area contributed by atoms with Crippen LogP contribution in [0.3, 0.4) is 0 Å². The first kappa shape index (κ1) is 10.0. The van der Waals surface area contributed by atoms with E-state index in [1.54, 1.807) is 20.8 Å². The Hall–Kier alpha value is -1.06. The predicted octanol–water partition coefficient (Wildman–Crippen LogP) is 0.766. The number of hydrogen-bond donors (Lipinski definition) is 2. The molecule has 1 fully saturated rings. The highest BCUT2D eigenvalue weighted by molar-refractivity contribution is 5.91. The van der Waals surface area contributed by atoms with Crippen LogP contribution in [-0.2, 0) is 9.59 Å². The molecule has 1 saturated carbocycles. The van der Waals surface area contributed by atoms with E-state index >= 15 is 0 Å². The van der Waals surface area contributed by atoms with Crippen LogP contribution in [-0.4, -0.2) is 22.5 Å². The van der Waals surface area contributed by atoms with Crippen molar-refractivity contribution in [1.29, 1.82) is 0 Å². The summed E-state index contributed by atoms with van der Waals surface area (Å²) in [5.41, 5.74) is -1.48. The zero-order valence-corrected chi connectivity index (χ0v) is 8.18. The second-order valence-electron chi connectivity index (χ2n) is 4.59. The number of carbonyl (C=O) groups excluding carboxylic acids is 1. The van der Waals surface area contributed by atoms with Gasteiger partial charge in [-0.05, 0) is 12.8 Å². The van der Waals surface area contributed by atoms with Crippen LogP contribution in [0.4, 0.5) is 0 Å². The minimum atomic E-state index is -0.954. The maximum Gasteiger partial charge on any atom is 0.329 e. The fraction of sp³-hybridized carbons (Fsp3) is 0.778. The largest absolute Gasteiger partial charge is 0.480 e. The van der Waals surface area contributed by atoms with Crippen molar-refractivity contribution in [2.75, 3.05) is 0 Å². The van der Waals surface area contributed by atoms with Gasteiger partial charge in [-0.1, -0.05) is 20.8 Å². The van der Waals surface area contributed by atoms with Crippen molar-refractivity contribution in [1.82, 2.24) is 5.32 Å². The first-order chi connectivity index (χ1) is 5.78. The lowest BCUT2D eigenvalue weighted by Crippen LogP contribution is -2.47. The summed E-state index contributed by atoms with van der Waals surface area (Å²) >= 11 is 0. The summed E-state index contributed by atoms with van der Waals surface area (Å²) in [6.45, 7) is 5.29. The molecule has 0 aromatic carbocycles. The quantitative estimate of drug-likeness (QED) is 0.667. The molecule has 0 aliphatic heterocycles. The van der Waals surface area contributed by atoms with Gasteiger partial charge in [-0.15, -0.1) is 0 Å². The van der Waals surface area contributed by atoms with Gasteiger partial charge in [0.1, 0.15) is 5.54 Å². The van der Waals surface area contributed by atoms with Gasteiger partial charge in [0.2, 0.25) is 5.91 Å². The van der Waals surface area contributed by atoms with Crippen molar-refractivity contribution in [3.8, 4) is 0 Å². The lowest BCUT2D eigenvalue weighted by molar-refractivity contribution is -0.144. The molecule has 0 saturated heterocycles. The Bertz CT molecular complexity index is 248. The summed E-state index contributed by atoms with van der Waals surface area (Å²) in [6, 6.07) is 0. The molecule has 0 spiro atoms. The number of hydrogen-bond acceptors (Lipinski definition) is 2. The molecule has 0 heterocycles. The smallest absolute Gasteiger partial charge is 0.329 e. The molecule has 0 aromatic rings. The highest BCUT2D eigenvalue weighted by Gasteiger charge is 2.52. The summed E-state index contributed by atoms with van der Waals surface area (Å²) in [5.74, 6) is -1.13. The van der Waals surface area contributed by atoms with E-state index < -0.39 is 16.9 Å². The van der Waals surface area contributed by atoms with Crippen molar-refractivity contribution in [3.05, 3.63) is 0 Å². The lowest BCUT2D eigenvalue weighted by atomic mass is 9.95. The van der Waals surface area contributed by atoms with Crippen molar-refractivity contribution in [2.45, 2.75) is 39.2 Å². The van der Waals surface area contributed by atoms with Gasteiger partial charge >= 0.3 is 5.97 Å². The molecule has 4 heteroatoms. The molecule has 13 heavy (non-hydrogen) atoms. The maximum absolute atomic E-state index is 11.5. The minimum absolute atomic E-state index is 0.201. The van der Waals surface area contributed by atoms with Gasteiger partial charge in [0.25, 0.3) is 0 Å². The number of amides is 1. The van der Waals surface area contributed by atoms with Crippen LogP contribution in [0.1, 0.15) is 33.6 Å². The molecular weight excluding hydrogens is 170 g/mol. The van der Waals surface area contributed by atoms with Crippen molar-refractivity contribution in [2.24, 2.45) is 5.41 Å². The second kappa shape index (κ2) is 2.72. The molecular formula is C9H15NO3. The topological polar surface area (TPSA) is 66.4 Å². The van der Waals surface area contributed by atoms with Gasteiger partial charge in [-0.25, -0.2) is 4.79 Å². The zero-order chi connectivity index (χ0) is 10.3. The first-order valence-corrected chi connectivity index (χ1v) is 4.34. The minimum Gasteiger partial charge on any atom is -0.480 e. The van der Waals surface area contributed by atoms with E-state index in [0.29, 0.717) is 12.8 Å². The van der Waals surface area contributed by atoms with E-state index in [2.05, 4.69) is 5.32 Å². The normalized spacial score (nSPS) is 19.3. The molecule has 74 valence electrons. The third kappa shape index (κ3) is 1.99. The second-order valence-corrected chi connectivity index (χ2v) is 4.59. The van der Waals surface area contributed by atoms with Crippen LogP contribution >= 0.6 is 0 Å². The van der Waals surface area contributed by atoms with Crippen molar-refractivity contribution >= 4 is 11.9 Å². The number of carboxylic acids is 1. The molecule has 0 atom stereocenters. The van der Waals surface area contributed by atoms with E-state index in [4.69, 9.17) is 5.11 Å². The number of rotatable bonds is 2. The summed E-state index contributed by atoms with van der Waals surface area (Å²) in [6.07, 6.45) is 1.09. The van der Waals surface area contributed by atoms with E-state index in [1.807, 2.05) is 0 Å². The van der Waals surface area contributed by atoms with Crippen molar-refractivity contribution in [3.63, 3.8) is 0 Å². The van der Waals surface area contributed by atoms with Gasteiger partial charge in [0.05, 0.1) is 0 Å². The molecule has 0 unspecified atom stereocenters. The average Bonchev–Trinajstić information content (AvgIpc) is 2.66. The number of carbonyl (C=O) groups is 2. The fourth-order valence-electron chi connectivity index (χ4n) is 0.922. The predicted molar refractivity (Wildman–Crippen MR) is 47.2 cm³/mol. The fourth-order valence-corrected chi connectivity index (χ4v) is 0.922. The van der Waals surface area contributed by atoms with E-state index in [0.717, 1.165) is 0 Å². The summed E-state index contributed by atoms with van der Waals surface area (Å²) < 4.78 is 0. The third-order valence-corrected chi connectivity index (χ3v) is 2.19. The average molecular weight is 185 g/mol. The molecule has 1 rings (SSSR count). The Balaban J connectivity index is 2.60. The standard InChI is InChI=1S/C9H15NO3/c1-8(2,3)6(11)10-9(4-5-9)7(12)13/h4-5H2,1-3H3,(H,10,11)(H,12,13). The van der Waals surface area contributed by atoms with Crippen LogP contribution in [0.15, 0.2) is 0 Å². The van der Waals surface area contributed by atoms with E-state index in [9.17, 15) is 9.59 Å². The van der Waals surface area contributed by atoms with Crippen LogP contribution in [0, 0.1) is 5.41 Å². The van der Waals surface area contributed by atoms with E-state index in [-0.39, 0.29) is 5.91 Å². The monoisotopic (exact) mass is 185 g/mol. The number of carboxylic acid groups (broad SMARTS) is 1. The molecule has 0 aromatic heterocycles. The molecule has 0 radical (unpaired) electrons. The van der Waals surface area contributed by atoms with Gasteiger partial charge in [0.15, 0.2) is 0 Å². The molecule has 0 bridgehead atoms. The van der Waals surface area contributed by atoms with Gasteiger partial charge in [-0.3, -0.25) is 4.79 Å². The Morgan fingerprint density at radius 1 is 1.31 bits per heavy atom. The summed E-state index contributed by atoms with van der Waals surface area (Å²) in [5, 5.41) is 11.4. The zero-order valence-electron chi connectivity index (χ0n) is 8.18. The Morgan fingerprint density at radius 2 is 1.77 bits per heavy atom. The Morgan fingerprint density at radius 3 is 2.00 bits per heavy atom. The Kier molecular flexibility index (Phi) is 2.10. The SMILES string of the molecule is CC(C)(C)C(=O)NC1(C(=O)O)CC1. The molecule has 1 aliphatic carbocycles. The first-order valence-electron chi connectivity index (χ1n) is 4.34. The summed E-state index contributed by atoms with van der Waals surface area (Å²) in [7, 11) is 0. The molecule has 4 nitrogen and oxygen atoms in total. The number of aliphatic carboxylic acids is 1. The highest BCUT2D eigenvalue weighted by atomic mass is 16.4. The van der Waals surface area contributed by atoms with Crippen LogP contribution in [0.2, 0.25) is 0 Å². The van der Waals surface area contributed by atoms with E-state index in [1.165, 1.54) is 0 Å². The maximum atomic E-state index is 11.5. The third-order valence-electron chi connectivity index (χ3n) is 2.19. The lowest BCUT2D eigenvalue weighted by Gasteiger charge is -2.21. The van der Waals surface area contributed by atoms with Crippen LogP contribution in [0.5, 0.6) is 0 Å². The van der Waals surface area contributed by atoms with Gasteiger partial charge in [0, 0.05) is 5.41 Å². The molecule has 1 aliphatic rings. The van der Waals surface area contributed by atoms with Gasteiger partial charge < -0.3 is 10.4 Å². The Labute approximate surface area is 77.3 Å². The molecule has 2 N–H and O–H groups in total. The van der Waals surface area contributed by atoms with Crippen molar-refractivity contribution < 1.29 is 14.7 Å². The van der Waals surface area contributed by atoms with Gasteiger partial charge in [-0.2, -0.15) is 0 Å².